The van der Waals surface area contributed by atoms with Crippen molar-refractivity contribution in [3.63, 3.8) is 0 Å². The van der Waals surface area contributed by atoms with Crippen LogP contribution >= 0.6 is 0 Å². The van der Waals surface area contributed by atoms with Gasteiger partial charge in [0.25, 0.3) is 0 Å². The predicted octanol–water partition coefficient (Wildman–Crippen LogP) is 3.67. The molecule has 0 atom stereocenters. The lowest BCUT2D eigenvalue weighted by molar-refractivity contribution is 0.380. The Morgan fingerprint density at radius 3 is 2.79 bits per heavy atom. The van der Waals surface area contributed by atoms with Gasteiger partial charge in [-0.15, -0.1) is 0 Å². The van der Waals surface area contributed by atoms with Gasteiger partial charge in [-0.25, -0.2) is 0 Å². The van der Waals surface area contributed by atoms with Crippen LogP contribution in [-0.2, 0) is 0 Å². The Bertz CT molecular complexity index is 600. The zero-order valence-corrected chi connectivity index (χ0v) is 11.6. The van der Waals surface area contributed by atoms with Crippen molar-refractivity contribution >= 4 is 22.3 Å². The third-order valence-corrected chi connectivity index (χ3v) is 4.51. The quantitative estimate of drug-likeness (QED) is 0.820. The van der Waals surface area contributed by atoms with Crippen LogP contribution in [0.1, 0.15) is 26.7 Å². The van der Waals surface area contributed by atoms with Crippen molar-refractivity contribution in [1.29, 1.82) is 0 Å². The summed E-state index contributed by atoms with van der Waals surface area (Å²) in [5.41, 5.74) is 9.19. The Balaban J connectivity index is 1.85. The normalized spacial score (nSPS) is 16.8. The fraction of sp³-hybridized carbons (Fsp3) is 0.438. The molecule has 0 spiro atoms. The maximum Gasteiger partial charge on any atom is 0.0743 e. The number of benzene rings is 1. The van der Waals surface area contributed by atoms with E-state index in [1.807, 2.05) is 18.3 Å². The molecule has 0 bridgehead atoms. The van der Waals surface area contributed by atoms with Gasteiger partial charge in [-0.2, -0.15) is 0 Å². The van der Waals surface area contributed by atoms with Crippen LogP contribution in [0.25, 0.3) is 10.9 Å². The van der Waals surface area contributed by atoms with Crippen molar-refractivity contribution < 1.29 is 0 Å². The van der Waals surface area contributed by atoms with E-state index in [0.717, 1.165) is 34.7 Å². The summed E-state index contributed by atoms with van der Waals surface area (Å²) in [5, 5.41) is 4.76. The number of pyridine rings is 1. The molecule has 1 heterocycles. The number of hydrogen-bond donors (Lipinski definition) is 2. The summed E-state index contributed by atoms with van der Waals surface area (Å²) in [7, 11) is 0. The van der Waals surface area contributed by atoms with Gasteiger partial charge in [0.05, 0.1) is 5.52 Å². The number of nitrogen functional groups attached to an aromatic ring is 1. The second-order valence-electron chi connectivity index (χ2n) is 6.01. The predicted molar refractivity (Wildman–Crippen MR) is 81.2 cm³/mol. The minimum absolute atomic E-state index is 0.503. The van der Waals surface area contributed by atoms with Crippen LogP contribution in [0, 0.1) is 11.3 Å². The minimum Gasteiger partial charge on any atom is -0.399 e. The fourth-order valence-corrected chi connectivity index (χ4v) is 2.71. The molecule has 1 fully saturated rings. The molecule has 100 valence electrons. The lowest BCUT2D eigenvalue weighted by atomic mass is 9.92. The van der Waals surface area contributed by atoms with Crippen molar-refractivity contribution in [3.8, 4) is 0 Å². The summed E-state index contributed by atoms with van der Waals surface area (Å²) in [6, 6.07) is 7.96. The molecule has 1 aromatic carbocycles. The highest BCUT2D eigenvalue weighted by atomic mass is 14.9. The third kappa shape index (κ3) is 2.25. The number of nitrogens with two attached hydrogens (primary N) is 1. The first kappa shape index (κ1) is 12.3. The highest BCUT2D eigenvalue weighted by Crippen LogP contribution is 2.51. The van der Waals surface area contributed by atoms with Crippen LogP contribution in [0.5, 0.6) is 0 Å². The van der Waals surface area contributed by atoms with E-state index in [1.54, 1.807) is 0 Å². The average Bonchev–Trinajstić information content (AvgIpc) is 3.17. The van der Waals surface area contributed by atoms with Crippen LogP contribution in [0.2, 0.25) is 0 Å². The Hall–Kier alpha value is -1.77. The summed E-state index contributed by atoms with van der Waals surface area (Å²) in [4.78, 5) is 4.38. The number of hydrogen-bond acceptors (Lipinski definition) is 3. The smallest absolute Gasteiger partial charge is 0.0743 e. The van der Waals surface area contributed by atoms with E-state index in [-0.39, 0.29) is 0 Å². The number of nitrogens with one attached hydrogen (secondary N) is 1. The Kier molecular flexibility index (Phi) is 2.85. The lowest BCUT2D eigenvalue weighted by Crippen LogP contribution is -2.20. The Morgan fingerprint density at radius 2 is 2.11 bits per heavy atom. The molecule has 3 heteroatoms. The van der Waals surface area contributed by atoms with Gasteiger partial charge in [-0.1, -0.05) is 13.8 Å². The zero-order valence-electron chi connectivity index (χ0n) is 11.6. The van der Waals surface area contributed by atoms with Crippen LogP contribution in [-0.4, -0.2) is 11.5 Å². The SMILES string of the molecule is CC(C)C1(CNc2ccnc3cc(N)ccc23)CC1. The highest BCUT2D eigenvalue weighted by Gasteiger charge is 2.44. The summed E-state index contributed by atoms with van der Waals surface area (Å²) < 4.78 is 0. The number of aromatic nitrogens is 1. The summed E-state index contributed by atoms with van der Waals surface area (Å²) in [6.45, 7) is 5.69. The van der Waals surface area contributed by atoms with Gasteiger partial charge in [0.1, 0.15) is 0 Å². The second-order valence-corrected chi connectivity index (χ2v) is 6.01. The number of anilines is 2. The largest absolute Gasteiger partial charge is 0.399 e. The van der Waals surface area contributed by atoms with Gasteiger partial charge in [0.15, 0.2) is 0 Å². The molecule has 3 rings (SSSR count). The Morgan fingerprint density at radius 1 is 1.32 bits per heavy atom. The Labute approximate surface area is 114 Å². The molecule has 0 saturated heterocycles. The molecule has 0 radical (unpaired) electrons. The molecule has 0 unspecified atom stereocenters. The maximum atomic E-state index is 5.81. The van der Waals surface area contributed by atoms with Crippen LogP contribution in [0.3, 0.4) is 0 Å². The molecule has 3 N–H and O–H groups in total. The van der Waals surface area contributed by atoms with Gasteiger partial charge in [0, 0.05) is 29.5 Å². The summed E-state index contributed by atoms with van der Waals surface area (Å²) in [5.74, 6) is 0.740. The molecule has 0 amide bonds. The van der Waals surface area contributed by atoms with E-state index in [2.05, 4.69) is 36.3 Å². The third-order valence-electron chi connectivity index (χ3n) is 4.51. The van der Waals surface area contributed by atoms with E-state index in [1.165, 1.54) is 12.8 Å². The van der Waals surface area contributed by atoms with Crippen molar-refractivity contribution in [2.24, 2.45) is 11.3 Å². The highest BCUT2D eigenvalue weighted by molar-refractivity contribution is 5.92. The lowest BCUT2D eigenvalue weighted by Gasteiger charge is -2.21. The average molecular weight is 255 g/mol. The summed E-state index contributed by atoms with van der Waals surface area (Å²) >= 11 is 0. The fourth-order valence-electron chi connectivity index (χ4n) is 2.71. The number of nitrogens with zero attached hydrogens (tertiary/aromatic N) is 1. The molecule has 1 aliphatic rings. The van der Waals surface area contributed by atoms with Gasteiger partial charge in [0.2, 0.25) is 0 Å². The molecule has 1 saturated carbocycles. The first-order valence-corrected chi connectivity index (χ1v) is 6.99. The van der Waals surface area contributed by atoms with E-state index >= 15 is 0 Å². The molecular formula is C16H21N3. The van der Waals surface area contributed by atoms with Crippen LogP contribution in [0.4, 0.5) is 11.4 Å². The monoisotopic (exact) mass is 255 g/mol. The first-order chi connectivity index (χ1) is 9.11. The van der Waals surface area contributed by atoms with Crippen molar-refractivity contribution in [2.75, 3.05) is 17.6 Å². The van der Waals surface area contributed by atoms with E-state index in [0.29, 0.717) is 5.41 Å². The zero-order chi connectivity index (χ0) is 13.5. The number of fused-ring (bicyclic) bond motifs is 1. The van der Waals surface area contributed by atoms with E-state index in [4.69, 9.17) is 5.73 Å². The van der Waals surface area contributed by atoms with Crippen LogP contribution in [0.15, 0.2) is 30.5 Å². The van der Waals surface area contributed by atoms with Gasteiger partial charge < -0.3 is 11.1 Å². The summed E-state index contributed by atoms with van der Waals surface area (Å²) in [6.07, 6.45) is 4.53. The van der Waals surface area contributed by atoms with Gasteiger partial charge in [-0.3, -0.25) is 4.98 Å². The second kappa shape index (κ2) is 4.41. The van der Waals surface area contributed by atoms with Gasteiger partial charge in [-0.05, 0) is 48.4 Å². The number of rotatable bonds is 4. The minimum atomic E-state index is 0.503. The van der Waals surface area contributed by atoms with Gasteiger partial charge >= 0.3 is 0 Å². The van der Waals surface area contributed by atoms with Crippen molar-refractivity contribution in [3.05, 3.63) is 30.5 Å². The first-order valence-electron chi connectivity index (χ1n) is 6.99. The van der Waals surface area contributed by atoms with E-state index in [9.17, 15) is 0 Å². The molecular weight excluding hydrogens is 234 g/mol. The molecule has 0 aliphatic heterocycles. The molecule has 19 heavy (non-hydrogen) atoms. The standard InChI is InChI=1S/C16H21N3/c1-11(2)16(6-7-16)10-19-14-5-8-18-15-9-12(17)3-4-13(14)15/h3-5,8-9,11H,6-7,10,17H2,1-2H3,(H,18,19). The van der Waals surface area contributed by atoms with Crippen molar-refractivity contribution in [2.45, 2.75) is 26.7 Å². The van der Waals surface area contributed by atoms with Crippen LogP contribution < -0.4 is 11.1 Å². The topological polar surface area (TPSA) is 50.9 Å². The molecule has 1 aromatic heterocycles. The molecule has 1 aliphatic carbocycles. The maximum absolute atomic E-state index is 5.81. The molecule has 3 nitrogen and oxygen atoms in total. The molecule has 2 aromatic rings. The van der Waals surface area contributed by atoms with E-state index < -0.39 is 0 Å². The van der Waals surface area contributed by atoms with Crippen molar-refractivity contribution in [1.82, 2.24) is 4.98 Å².